The number of imide groups is 1. The molecule has 1 saturated heterocycles. The van der Waals surface area contributed by atoms with Crippen molar-refractivity contribution in [1.82, 2.24) is 10.2 Å². The van der Waals surface area contributed by atoms with E-state index in [0.29, 0.717) is 22.7 Å². The average Bonchev–Trinajstić information content (AvgIpc) is 3.17. The Morgan fingerprint density at radius 1 is 1.00 bits per heavy atom. The van der Waals surface area contributed by atoms with Gasteiger partial charge in [0.1, 0.15) is 29.6 Å². The van der Waals surface area contributed by atoms with Gasteiger partial charge in [-0.3, -0.25) is 14.4 Å². The Hall–Kier alpha value is -4.90. The van der Waals surface area contributed by atoms with Crippen LogP contribution >= 0.6 is 11.6 Å². The number of urea groups is 1. The number of hydrogen-bond donors (Lipinski definition) is 3. The van der Waals surface area contributed by atoms with Gasteiger partial charge >= 0.3 is 6.03 Å². The molecule has 1 aliphatic rings. The molecule has 5 amide bonds. The molecule has 0 aromatic heterocycles. The Morgan fingerprint density at radius 2 is 1.74 bits per heavy atom. The van der Waals surface area contributed by atoms with Crippen LogP contribution < -0.4 is 25.4 Å². The molecule has 0 atom stereocenters. The third-order valence-corrected chi connectivity index (χ3v) is 5.69. The lowest BCUT2D eigenvalue weighted by molar-refractivity contribution is -0.127. The van der Waals surface area contributed by atoms with E-state index in [1.165, 1.54) is 49.6 Å². The molecular weight excluding hydrogens is 531 g/mol. The van der Waals surface area contributed by atoms with Crippen LogP contribution in [0, 0.1) is 5.82 Å². The van der Waals surface area contributed by atoms with Gasteiger partial charge in [0.05, 0.1) is 17.8 Å². The van der Waals surface area contributed by atoms with E-state index in [1.54, 1.807) is 30.3 Å². The SMILES string of the molecule is COc1ccccc1NC(=O)CN1C(=O)N/C(=C/c2ccc(OCC(=O)Nc3ccc(F)cc3)c(Cl)c2)C1=O. The number of amides is 5. The van der Waals surface area contributed by atoms with E-state index in [9.17, 15) is 23.6 Å². The number of nitrogens with zero attached hydrogens (tertiary/aromatic N) is 1. The molecule has 3 aromatic carbocycles. The maximum atomic E-state index is 13.0. The lowest BCUT2D eigenvalue weighted by atomic mass is 10.2. The summed E-state index contributed by atoms with van der Waals surface area (Å²) < 4.78 is 23.6. The minimum atomic E-state index is -0.750. The summed E-state index contributed by atoms with van der Waals surface area (Å²) in [4.78, 5) is 50.5. The number of halogens is 2. The zero-order valence-corrected chi connectivity index (χ0v) is 21.3. The van der Waals surface area contributed by atoms with Gasteiger partial charge in [-0.2, -0.15) is 0 Å². The fraction of sp³-hybridized carbons (Fsp3) is 0.111. The summed E-state index contributed by atoms with van der Waals surface area (Å²) in [6.07, 6.45) is 1.40. The Labute approximate surface area is 227 Å². The first-order valence-electron chi connectivity index (χ1n) is 11.5. The van der Waals surface area contributed by atoms with Crippen LogP contribution in [0.25, 0.3) is 6.08 Å². The Morgan fingerprint density at radius 3 is 2.46 bits per heavy atom. The second-order valence-corrected chi connectivity index (χ2v) is 8.57. The van der Waals surface area contributed by atoms with Crippen molar-refractivity contribution in [1.29, 1.82) is 0 Å². The molecule has 0 unspecified atom stereocenters. The molecule has 0 bridgehead atoms. The summed E-state index contributed by atoms with van der Waals surface area (Å²) >= 11 is 6.27. The van der Waals surface area contributed by atoms with Crippen molar-refractivity contribution in [3.8, 4) is 11.5 Å². The zero-order valence-electron chi connectivity index (χ0n) is 20.5. The van der Waals surface area contributed by atoms with Crippen LogP contribution in [0.3, 0.4) is 0 Å². The molecule has 0 radical (unpaired) electrons. The van der Waals surface area contributed by atoms with Crippen molar-refractivity contribution < 1.29 is 33.0 Å². The van der Waals surface area contributed by atoms with E-state index in [0.717, 1.165) is 4.90 Å². The first-order valence-corrected chi connectivity index (χ1v) is 11.9. The van der Waals surface area contributed by atoms with Crippen molar-refractivity contribution in [3.05, 3.63) is 88.8 Å². The van der Waals surface area contributed by atoms with Gasteiger partial charge in [0.15, 0.2) is 6.61 Å². The quantitative estimate of drug-likeness (QED) is 0.272. The second-order valence-electron chi connectivity index (χ2n) is 8.16. The number of hydrogen-bond acceptors (Lipinski definition) is 6. The van der Waals surface area contributed by atoms with Crippen LogP contribution in [0.5, 0.6) is 11.5 Å². The highest BCUT2D eigenvalue weighted by Gasteiger charge is 2.35. The van der Waals surface area contributed by atoms with Crippen LogP contribution in [0.2, 0.25) is 5.02 Å². The number of methoxy groups -OCH3 is 1. The second kappa shape index (κ2) is 12.1. The van der Waals surface area contributed by atoms with E-state index in [2.05, 4.69) is 16.0 Å². The van der Waals surface area contributed by atoms with Gasteiger partial charge in [0.2, 0.25) is 5.91 Å². The minimum Gasteiger partial charge on any atom is -0.495 e. The highest BCUT2D eigenvalue weighted by molar-refractivity contribution is 6.32. The molecule has 39 heavy (non-hydrogen) atoms. The van der Waals surface area contributed by atoms with E-state index in [-0.39, 0.29) is 23.1 Å². The number of benzene rings is 3. The summed E-state index contributed by atoms with van der Waals surface area (Å²) in [6.45, 7) is -0.856. The predicted octanol–water partition coefficient (Wildman–Crippen LogP) is 4.04. The fourth-order valence-corrected chi connectivity index (χ4v) is 3.80. The molecule has 10 nitrogen and oxygen atoms in total. The largest absolute Gasteiger partial charge is 0.495 e. The van der Waals surface area contributed by atoms with Gasteiger partial charge < -0.3 is 25.4 Å². The molecule has 1 aliphatic heterocycles. The molecule has 12 heteroatoms. The summed E-state index contributed by atoms with van der Waals surface area (Å²) in [5, 5.41) is 7.77. The summed E-state index contributed by atoms with van der Waals surface area (Å²) in [5.74, 6) is -1.53. The fourth-order valence-electron chi connectivity index (χ4n) is 3.56. The topological polar surface area (TPSA) is 126 Å². The van der Waals surface area contributed by atoms with Gasteiger partial charge in [-0.1, -0.05) is 29.8 Å². The summed E-state index contributed by atoms with van der Waals surface area (Å²) in [5.41, 5.74) is 1.23. The lowest BCUT2D eigenvalue weighted by Crippen LogP contribution is -2.38. The van der Waals surface area contributed by atoms with Crippen molar-refractivity contribution >= 4 is 52.8 Å². The highest BCUT2D eigenvalue weighted by Crippen LogP contribution is 2.27. The molecule has 3 aromatic rings. The molecule has 200 valence electrons. The molecule has 3 N–H and O–H groups in total. The third-order valence-electron chi connectivity index (χ3n) is 5.40. The Balaban J connectivity index is 1.35. The van der Waals surface area contributed by atoms with Gasteiger partial charge in [-0.15, -0.1) is 0 Å². The molecule has 4 rings (SSSR count). The highest BCUT2D eigenvalue weighted by atomic mass is 35.5. The van der Waals surface area contributed by atoms with Crippen molar-refractivity contribution in [3.63, 3.8) is 0 Å². The van der Waals surface area contributed by atoms with Gasteiger partial charge in [0.25, 0.3) is 11.8 Å². The number of para-hydroxylation sites is 2. The zero-order chi connectivity index (χ0) is 27.9. The first kappa shape index (κ1) is 27.1. The minimum absolute atomic E-state index is 0.0477. The summed E-state index contributed by atoms with van der Waals surface area (Å²) in [7, 11) is 1.46. The molecule has 1 heterocycles. The normalized spacial score (nSPS) is 13.7. The van der Waals surface area contributed by atoms with Gasteiger partial charge in [0, 0.05) is 5.69 Å². The number of carbonyl (C=O) groups is 4. The number of anilines is 2. The molecule has 0 spiro atoms. The van der Waals surface area contributed by atoms with E-state index in [1.807, 2.05) is 0 Å². The standard InChI is InChI=1S/C27H22ClFN4O6/c1-38-23-5-3-2-4-20(23)31-24(34)14-33-26(36)21(32-27(33)37)13-16-6-11-22(19(28)12-16)39-15-25(35)30-18-9-7-17(29)8-10-18/h2-13H,14-15H2,1H3,(H,30,35)(H,31,34)(H,32,37)/b21-13+. The van der Waals surface area contributed by atoms with E-state index < -0.39 is 36.1 Å². The molecule has 1 fully saturated rings. The van der Waals surface area contributed by atoms with Crippen LogP contribution in [0.1, 0.15) is 5.56 Å². The number of carbonyl (C=O) groups excluding carboxylic acids is 4. The van der Waals surface area contributed by atoms with Crippen LogP contribution in [-0.2, 0) is 14.4 Å². The monoisotopic (exact) mass is 552 g/mol. The third kappa shape index (κ3) is 6.90. The van der Waals surface area contributed by atoms with Crippen LogP contribution in [0.15, 0.2) is 72.4 Å². The van der Waals surface area contributed by atoms with E-state index in [4.69, 9.17) is 21.1 Å². The maximum absolute atomic E-state index is 13.0. The van der Waals surface area contributed by atoms with Crippen LogP contribution in [0.4, 0.5) is 20.6 Å². The Kier molecular flexibility index (Phi) is 8.42. The predicted molar refractivity (Wildman–Crippen MR) is 142 cm³/mol. The smallest absolute Gasteiger partial charge is 0.329 e. The van der Waals surface area contributed by atoms with Crippen molar-refractivity contribution in [2.75, 3.05) is 30.9 Å². The average molecular weight is 553 g/mol. The first-order chi connectivity index (χ1) is 18.7. The number of ether oxygens (including phenoxy) is 2. The van der Waals surface area contributed by atoms with Gasteiger partial charge in [-0.25, -0.2) is 14.1 Å². The molecule has 0 saturated carbocycles. The van der Waals surface area contributed by atoms with E-state index >= 15 is 0 Å². The van der Waals surface area contributed by atoms with Gasteiger partial charge in [-0.05, 0) is 60.2 Å². The molecular formula is C27H22ClFN4O6. The van der Waals surface area contributed by atoms with Crippen molar-refractivity contribution in [2.45, 2.75) is 0 Å². The Bertz CT molecular complexity index is 1460. The molecule has 0 aliphatic carbocycles. The summed E-state index contributed by atoms with van der Waals surface area (Å²) in [6, 6.07) is 15.8. The lowest BCUT2D eigenvalue weighted by Gasteiger charge is -2.13. The van der Waals surface area contributed by atoms with Crippen molar-refractivity contribution in [2.24, 2.45) is 0 Å². The maximum Gasteiger partial charge on any atom is 0.329 e. The number of nitrogens with one attached hydrogen (secondary N) is 3. The van der Waals surface area contributed by atoms with Crippen LogP contribution in [-0.4, -0.2) is 48.9 Å². The number of rotatable bonds is 9.